The van der Waals surface area contributed by atoms with Crippen molar-refractivity contribution in [2.45, 2.75) is 90.1 Å². The topological polar surface area (TPSA) is 49.4 Å². The molecule has 0 aromatic carbocycles. The first-order chi connectivity index (χ1) is 12.0. The van der Waals surface area contributed by atoms with E-state index in [2.05, 4.69) is 19.2 Å². The fourth-order valence-corrected chi connectivity index (χ4v) is 6.94. The van der Waals surface area contributed by atoms with Gasteiger partial charge in [-0.3, -0.25) is 9.59 Å². The van der Waals surface area contributed by atoms with Crippen LogP contribution in [0.4, 0.5) is 0 Å². The van der Waals surface area contributed by atoms with Gasteiger partial charge >= 0.3 is 11.8 Å². The zero-order chi connectivity index (χ0) is 17.6. The lowest BCUT2D eigenvalue weighted by atomic mass is 9.48. The normalized spacial score (nSPS) is 40.8. The standard InChI is InChI=1S/C21H34N2O2/c1-3-18-6-4-5-7-23(18)20(25)19(24)22-14(2)21-11-15-8-16(12-21)10-17(9-15)13-21/h14-18H,3-13H2,1-2H3,(H,22,24). The Morgan fingerprint density at radius 2 is 1.68 bits per heavy atom. The molecule has 0 spiro atoms. The summed E-state index contributed by atoms with van der Waals surface area (Å²) in [7, 11) is 0. The van der Waals surface area contributed by atoms with Gasteiger partial charge in [-0.05, 0) is 94.3 Å². The third kappa shape index (κ3) is 3.10. The minimum Gasteiger partial charge on any atom is -0.345 e. The van der Waals surface area contributed by atoms with Gasteiger partial charge in [0.1, 0.15) is 0 Å². The third-order valence-electron chi connectivity index (χ3n) is 7.91. The molecule has 4 nitrogen and oxygen atoms in total. The summed E-state index contributed by atoms with van der Waals surface area (Å²) in [5.74, 6) is 1.96. The molecule has 4 saturated carbocycles. The van der Waals surface area contributed by atoms with Gasteiger partial charge in [-0.2, -0.15) is 0 Å². The van der Waals surface area contributed by atoms with Gasteiger partial charge in [-0.25, -0.2) is 0 Å². The smallest absolute Gasteiger partial charge is 0.312 e. The number of carbonyl (C=O) groups excluding carboxylic acids is 2. The van der Waals surface area contributed by atoms with Crippen LogP contribution in [-0.4, -0.2) is 35.3 Å². The molecule has 5 aliphatic rings. The molecule has 140 valence electrons. The molecule has 1 heterocycles. The highest BCUT2D eigenvalue weighted by Crippen LogP contribution is 2.61. The van der Waals surface area contributed by atoms with Crippen molar-refractivity contribution in [2.75, 3.05) is 6.54 Å². The summed E-state index contributed by atoms with van der Waals surface area (Å²) < 4.78 is 0. The zero-order valence-electron chi connectivity index (χ0n) is 15.9. The van der Waals surface area contributed by atoms with Crippen LogP contribution in [0.3, 0.4) is 0 Å². The van der Waals surface area contributed by atoms with Crippen molar-refractivity contribution in [1.29, 1.82) is 0 Å². The Kier molecular flexibility index (Phi) is 4.57. The second-order valence-electron chi connectivity index (χ2n) is 9.53. The summed E-state index contributed by atoms with van der Waals surface area (Å²) in [4.78, 5) is 27.3. The minimum atomic E-state index is -0.358. The number of amides is 2. The third-order valence-corrected chi connectivity index (χ3v) is 7.91. The lowest BCUT2D eigenvalue weighted by molar-refractivity contribution is -0.150. The van der Waals surface area contributed by atoms with E-state index in [4.69, 9.17) is 0 Å². The average molecular weight is 347 g/mol. The zero-order valence-corrected chi connectivity index (χ0v) is 15.9. The van der Waals surface area contributed by atoms with Crippen molar-refractivity contribution in [3.8, 4) is 0 Å². The molecular weight excluding hydrogens is 312 g/mol. The first-order valence-corrected chi connectivity index (χ1v) is 10.6. The van der Waals surface area contributed by atoms with E-state index in [1.54, 1.807) is 0 Å². The van der Waals surface area contributed by atoms with Crippen molar-refractivity contribution in [3.63, 3.8) is 0 Å². The second-order valence-corrected chi connectivity index (χ2v) is 9.53. The van der Waals surface area contributed by atoms with Crippen LogP contribution in [-0.2, 0) is 9.59 Å². The molecule has 2 unspecified atom stereocenters. The number of piperidine rings is 1. The van der Waals surface area contributed by atoms with E-state index in [1.807, 2.05) is 4.90 Å². The largest absolute Gasteiger partial charge is 0.345 e. The molecule has 25 heavy (non-hydrogen) atoms. The second kappa shape index (κ2) is 6.59. The molecule has 4 bridgehead atoms. The Bertz CT molecular complexity index is 509. The molecule has 2 amide bonds. The maximum absolute atomic E-state index is 12.7. The first-order valence-electron chi connectivity index (χ1n) is 10.6. The van der Waals surface area contributed by atoms with Crippen molar-refractivity contribution < 1.29 is 9.59 Å². The van der Waals surface area contributed by atoms with Crippen LogP contribution in [0.15, 0.2) is 0 Å². The summed E-state index contributed by atoms with van der Waals surface area (Å²) in [5, 5.41) is 3.15. The Morgan fingerprint density at radius 1 is 1.08 bits per heavy atom. The summed E-state index contributed by atoms with van der Waals surface area (Å²) in [6, 6.07) is 0.379. The van der Waals surface area contributed by atoms with Crippen LogP contribution in [0.25, 0.3) is 0 Å². The first kappa shape index (κ1) is 17.4. The molecule has 1 aliphatic heterocycles. The van der Waals surface area contributed by atoms with Crippen LogP contribution < -0.4 is 5.32 Å². The number of carbonyl (C=O) groups is 2. The molecule has 0 aromatic rings. The van der Waals surface area contributed by atoms with E-state index < -0.39 is 0 Å². The molecule has 5 rings (SSSR count). The summed E-state index contributed by atoms with van der Waals surface area (Å²) in [5.41, 5.74) is 0.261. The lowest BCUT2D eigenvalue weighted by Crippen LogP contribution is -2.58. The van der Waals surface area contributed by atoms with Crippen LogP contribution in [0, 0.1) is 23.2 Å². The SMILES string of the molecule is CCC1CCCCN1C(=O)C(=O)NC(C)C12CC3CC(CC(C3)C1)C2. The fraction of sp³-hybridized carbons (Fsp3) is 0.905. The molecule has 4 heteroatoms. The van der Waals surface area contributed by atoms with Crippen molar-refractivity contribution in [2.24, 2.45) is 23.2 Å². The molecule has 1 saturated heterocycles. The van der Waals surface area contributed by atoms with E-state index in [-0.39, 0.29) is 29.3 Å². The Balaban J connectivity index is 1.41. The van der Waals surface area contributed by atoms with Crippen molar-refractivity contribution >= 4 is 11.8 Å². The van der Waals surface area contributed by atoms with Crippen LogP contribution >= 0.6 is 0 Å². The van der Waals surface area contributed by atoms with E-state index >= 15 is 0 Å². The molecule has 4 aliphatic carbocycles. The predicted molar refractivity (Wildman–Crippen MR) is 97.9 cm³/mol. The quantitative estimate of drug-likeness (QED) is 0.795. The van der Waals surface area contributed by atoms with Gasteiger partial charge in [0, 0.05) is 18.6 Å². The van der Waals surface area contributed by atoms with E-state index in [0.717, 1.165) is 43.6 Å². The van der Waals surface area contributed by atoms with Gasteiger partial charge in [0.05, 0.1) is 0 Å². The predicted octanol–water partition coefficient (Wildman–Crippen LogP) is 3.50. The highest BCUT2D eigenvalue weighted by Gasteiger charge is 2.53. The number of rotatable bonds is 3. The summed E-state index contributed by atoms with van der Waals surface area (Å²) >= 11 is 0. The number of nitrogens with one attached hydrogen (secondary N) is 1. The maximum atomic E-state index is 12.7. The van der Waals surface area contributed by atoms with Crippen LogP contribution in [0.2, 0.25) is 0 Å². The molecule has 5 fully saturated rings. The summed E-state index contributed by atoms with van der Waals surface area (Å²) in [6.45, 7) is 5.02. The van der Waals surface area contributed by atoms with Gasteiger partial charge < -0.3 is 10.2 Å². The number of nitrogens with zero attached hydrogens (tertiary/aromatic N) is 1. The summed E-state index contributed by atoms with van der Waals surface area (Å²) in [6.07, 6.45) is 12.2. The molecule has 0 aromatic heterocycles. The van der Waals surface area contributed by atoms with E-state index in [0.29, 0.717) is 0 Å². The van der Waals surface area contributed by atoms with Crippen molar-refractivity contribution in [3.05, 3.63) is 0 Å². The molecule has 2 atom stereocenters. The monoisotopic (exact) mass is 346 g/mol. The number of hydrogen-bond acceptors (Lipinski definition) is 2. The number of hydrogen-bond donors (Lipinski definition) is 1. The molecule has 0 radical (unpaired) electrons. The van der Waals surface area contributed by atoms with Gasteiger partial charge in [0.15, 0.2) is 0 Å². The van der Waals surface area contributed by atoms with Crippen molar-refractivity contribution in [1.82, 2.24) is 10.2 Å². The lowest BCUT2D eigenvalue weighted by Gasteiger charge is -2.59. The average Bonchev–Trinajstić information content (AvgIpc) is 2.59. The van der Waals surface area contributed by atoms with Gasteiger partial charge in [-0.15, -0.1) is 0 Å². The fourth-order valence-electron chi connectivity index (χ4n) is 6.94. The highest BCUT2D eigenvalue weighted by molar-refractivity contribution is 6.35. The van der Waals surface area contributed by atoms with Gasteiger partial charge in [0.25, 0.3) is 0 Å². The van der Waals surface area contributed by atoms with Crippen LogP contribution in [0.5, 0.6) is 0 Å². The number of likely N-dealkylation sites (tertiary alicyclic amines) is 1. The minimum absolute atomic E-state index is 0.127. The highest BCUT2D eigenvalue weighted by atomic mass is 16.2. The van der Waals surface area contributed by atoms with Crippen LogP contribution in [0.1, 0.15) is 78.1 Å². The van der Waals surface area contributed by atoms with Gasteiger partial charge in [0.2, 0.25) is 0 Å². The Morgan fingerprint density at radius 3 is 2.24 bits per heavy atom. The van der Waals surface area contributed by atoms with Gasteiger partial charge in [-0.1, -0.05) is 6.92 Å². The Labute approximate surface area is 152 Å². The maximum Gasteiger partial charge on any atom is 0.312 e. The molecule has 1 N–H and O–H groups in total. The molecular formula is C21H34N2O2. The van der Waals surface area contributed by atoms with E-state index in [1.165, 1.54) is 44.9 Å². The Hall–Kier alpha value is -1.06. The van der Waals surface area contributed by atoms with E-state index in [9.17, 15) is 9.59 Å².